The summed E-state index contributed by atoms with van der Waals surface area (Å²) in [5, 5.41) is 15.6. The van der Waals surface area contributed by atoms with E-state index in [1.54, 1.807) is 30.3 Å². The molecule has 1 unspecified atom stereocenters. The molecule has 0 saturated heterocycles. The molecule has 48 heavy (non-hydrogen) atoms. The van der Waals surface area contributed by atoms with Gasteiger partial charge in [0.15, 0.2) is 5.65 Å². The molecule has 2 heterocycles. The van der Waals surface area contributed by atoms with Crippen LogP contribution in [-0.2, 0) is 14.3 Å². The number of aromatic nitrogens is 4. The van der Waals surface area contributed by atoms with Gasteiger partial charge in [0.1, 0.15) is 35.4 Å². The molecule has 3 fully saturated rings. The summed E-state index contributed by atoms with van der Waals surface area (Å²) in [5.74, 6) is 5.76. The molecule has 3 saturated carbocycles. The quantitative estimate of drug-likeness (QED) is 0.0886. The number of benzene rings is 1. The molecule has 3 aliphatic rings. The Morgan fingerprint density at radius 1 is 1.25 bits per heavy atom. The normalized spacial score (nSPS) is 33.6. The molecule has 6 N–H and O–H groups in total. The number of carbonyl (C=O) groups is 2. The third-order valence-electron chi connectivity index (χ3n) is 11.8. The van der Waals surface area contributed by atoms with Crippen molar-refractivity contribution in [1.82, 2.24) is 19.9 Å². The van der Waals surface area contributed by atoms with Gasteiger partial charge in [-0.1, -0.05) is 45.9 Å². The first-order chi connectivity index (χ1) is 22.9. The van der Waals surface area contributed by atoms with E-state index in [9.17, 15) is 14.7 Å². The Labute approximate surface area is 279 Å². The van der Waals surface area contributed by atoms with Crippen LogP contribution in [0.4, 0.5) is 5.95 Å². The van der Waals surface area contributed by atoms with E-state index in [-0.39, 0.29) is 47.3 Å². The number of rotatable bonds is 8. The SMILES string of the molecule is C=C[C@]1(C)C[C@@H](OC(=O)CN=CC(=NN)c2cccc(Oc3nc(N)nc4nc[nH]c34)c2)[C@]2(C)C(C)CC[C@]3(CCC(=O)[C@H]32)[C@@H](C)[C@@H]1O. The minimum Gasteiger partial charge on any atom is -0.460 e. The van der Waals surface area contributed by atoms with E-state index in [0.29, 0.717) is 41.0 Å². The van der Waals surface area contributed by atoms with Crippen molar-refractivity contribution in [2.45, 2.75) is 72.0 Å². The van der Waals surface area contributed by atoms with Crippen molar-refractivity contribution < 1.29 is 24.2 Å². The van der Waals surface area contributed by atoms with Crippen molar-refractivity contribution in [3.05, 3.63) is 48.8 Å². The number of fused-ring (bicyclic) bond motifs is 1. The number of ether oxygens (including phenoxy) is 2. The third kappa shape index (κ3) is 5.43. The number of H-pyrrole nitrogens is 1. The van der Waals surface area contributed by atoms with Crippen LogP contribution in [-0.4, -0.2) is 67.5 Å². The monoisotopic (exact) mass is 656 g/mol. The fourth-order valence-corrected chi connectivity index (χ4v) is 8.81. The number of nitrogens with one attached hydrogen (secondary N) is 1. The molecular formula is C35H44N8O5. The predicted molar refractivity (Wildman–Crippen MR) is 181 cm³/mol. The first kappa shape index (κ1) is 33.3. The maximum Gasteiger partial charge on any atom is 0.327 e. The zero-order valence-corrected chi connectivity index (χ0v) is 27.8. The van der Waals surface area contributed by atoms with E-state index in [2.05, 4.69) is 57.4 Å². The number of aliphatic hydroxyl groups is 1. The summed E-state index contributed by atoms with van der Waals surface area (Å²) in [7, 11) is 0. The van der Waals surface area contributed by atoms with E-state index >= 15 is 0 Å². The Bertz CT molecular complexity index is 1810. The van der Waals surface area contributed by atoms with E-state index in [4.69, 9.17) is 21.1 Å². The van der Waals surface area contributed by atoms with Gasteiger partial charge in [-0.3, -0.25) is 14.6 Å². The number of aromatic amines is 1. The lowest BCUT2D eigenvalue weighted by Crippen LogP contribution is -2.63. The molecule has 13 heteroatoms. The topological polar surface area (TPSA) is 204 Å². The molecule has 0 radical (unpaired) electrons. The number of hydrazone groups is 1. The summed E-state index contributed by atoms with van der Waals surface area (Å²) in [5.41, 5.74) is 5.89. The Morgan fingerprint density at radius 2 is 2.04 bits per heavy atom. The average molecular weight is 657 g/mol. The van der Waals surface area contributed by atoms with Crippen LogP contribution >= 0.6 is 0 Å². The van der Waals surface area contributed by atoms with E-state index < -0.39 is 29.0 Å². The number of esters is 1. The third-order valence-corrected chi connectivity index (χ3v) is 11.8. The lowest BCUT2D eigenvalue weighted by molar-refractivity contribution is -0.205. The summed E-state index contributed by atoms with van der Waals surface area (Å²) < 4.78 is 12.3. The van der Waals surface area contributed by atoms with Crippen LogP contribution in [0.25, 0.3) is 11.2 Å². The number of carbonyl (C=O) groups excluding carboxylic acids is 2. The van der Waals surface area contributed by atoms with Crippen LogP contribution in [0.2, 0.25) is 0 Å². The average Bonchev–Trinajstić information content (AvgIpc) is 3.68. The number of aliphatic hydroxyl groups excluding tert-OH is 1. The highest BCUT2D eigenvalue weighted by Gasteiger charge is 2.68. The smallest absolute Gasteiger partial charge is 0.327 e. The number of imidazole rings is 1. The summed E-state index contributed by atoms with van der Waals surface area (Å²) in [6, 6.07) is 6.95. The second-order valence-corrected chi connectivity index (χ2v) is 14.2. The minimum absolute atomic E-state index is 0.0179. The van der Waals surface area contributed by atoms with Gasteiger partial charge in [0, 0.05) is 28.7 Å². The molecule has 3 aromatic rings. The molecule has 0 amide bonds. The predicted octanol–water partition coefficient (Wildman–Crippen LogP) is 4.37. The van der Waals surface area contributed by atoms with E-state index in [1.165, 1.54) is 12.5 Å². The second-order valence-electron chi connectivity index (χ2n) is 14.2. The molecule has 6 rings (SSSR count). The van der Waals surface area contributed by atoms with Crippen molar-refractivity contribution in [3.63, 3.8) is 0 Å². The van der Waals surface area contributed by atoms with E-state index in [0.717, 1.165) is 19.3 Å². The Hall–Kier alpha value is -4.65. The van der Waals surface area contributed by atoms with Crippen molar-refractivity contribution in [2.24, 2.45) is 49.9 Å². The van der Waals surface area contributed by atoms with Gasteiger partial charge in [0.2, 0.25) is 5.95 Å². The van der Waals surface area contributed by atoms with Gasteiger partial charge < -0.3 is 31.1 Å². The van der Waals surface area contributed by atoms with Crippen LogP contribution in [0.15, 0.2) is 53.3 Å². The van der Waals surface area contributed by atoms with E-state index in [1.807, 2.05) is 6.92 Å². The maximum atomic E-state index is 13.6. The van der Waals surface area contributed by atoms with Gasteiger partial charge in [0.05, 0.1) is 18.6 Å². The van der Waals surface area contributed by atoms with Gasteiger partial charge in [-0.2, -0.15) is 15.1 Å². The molecular weight excluding hydrogens is 612 g/mol. The number of hydrogen-bond donors (Lipinski definition) is 4. The Balaban J connectivity index is 1.21. The highest BCUT2D eigenvalue weighted by Crippen LogP contribution is 2.68. The number of hydrogen-bond acceptors (Lipinski definition) is 12. The van der Waals surface area contributed by atoms with Crippen LogP contribution in [0, 0.1) is 34.0 Å². The number of anilines is 1. The first-order valence-electron chi connectivity index (χ1n) is 16.4. The van der Waals surface area contributed by atoms with Gasteiger partial charge in [-0.25, -0.2) is 4.98 Å². The number of nitrogens with two attached hydrogens (primary N) is 2. The van der Waals surface area contributed by atoms with Gasteiger partial charge in [-0.15, -0.1) is 6.58 Å². The molecule has 2 aromatic heterocycles. The molecule has 8 atom stereocenters. The Kier molecular flexibility index (Phi) is 8.61. The number of nitrogens with zero attached hydrogens (tertiary/aromatic N) is 5. The summed E-state index contributed by atoms with van der Waals surface area (Å²) in [6.45, 7) is 12.1. The lowest BCUT2D eigenvalue weighted by Gasteiger charge is -2.61. The van der Waals surface area contributed by atoms with Crippen molar-refractivity contribution >= 4 is 40.8 Å². The van der Waals surface area contributed by atoms with Gasteiger partial charge >= 0.3 is 5.97 Å². The molecule has 254 valence electrons. The molecule has 13 nitrogen and oxygen atoms in total. The minimum atomic E-state index is -0.735. The standard InChI is InChI=1S/C35H44N8O5/c1-6-33(4)15-25(34(5)19(2)10-12-35(20(3)29(33)46)13-11-24(44)28(34)35)48-26(45)17-38-16-23(43-37)21-8-7-9-22(14-21)47-31-27-30(40-18-39-27)41-32(36)42-31/h6-9,14,16,18-20,25,28-29,46H,1,10-13,15,17,37H2,2-5H3,(H3,36,39,40,41,42)/t19?,20-,25+,28-,29-,33+,34-,35-/m0/s1. The van der Waals surface area contributed by atoms with Crippen LogP contribution in [0.1, 0.15) is 65.4 Å². The number of aliphatic imine (C=N–C) groups is 1. The molecule has 1 aromatic carbocycles. The zero-order chi connectivity index (χ0) is 34.4. The molecule has 0 aliphatic heterocycles. The fraction of sp³-hybridized carbons (Fsp3) is 0.514. The second kappa shape index (κ2) is 12.4. The lowest BCUT2D eigenvalue weighted by atomic mass is 9.44. The van der Waals surface area contributed by atoms with Crippen molar-refractivity contribution in [3.8, 4) is 11.6 Å². The van der Waals surface area contributed by atoms with Gasteiger partial charge in [0.25, 0.3) is 5.88 Å². The number of nitrogen functional groups attached to an aromatic ring is 1. The number of ketones is 1. The summed E-state index contributed by atoms with van der Waals surface area (Å²) in [4.78, 5) is 46.7. The molecule has 0 spiro atoms. The van der Waals surface area contributed by atoms with Crippen LogP contribution in [0.5, 0.6) is 11.6 Å². The fourth-order valence-electron chi connectivity index (χ4n) is 8.81. The van der Waals surface area contributed by atoms with Crippen molar-refractivity contribution in [2.75, 3.05) is 12.3 Å². The summed E-state index contributed by atoms with van der Waals surface area (Å²) >= 11 is 0. The molecule has 2 bridgehead atoms. The first-order valence-corrected chi connectivity index (χ1v) is 16.4. The largest absolute Gasteiger partial charge is 0.460 e. The zero-order valence-electron chi connectivity index (χ0n) is 27.8. The maximum absolute atomic E-state index is 13.6. The van der Waals surface area contributed by atoms with Gasteiger partial charge in [-0.05, 0) is 55.1 Å². The highest BCUT2D eigenvalue weighted by atomic mass is 16.5. The Morgan fingerprint density at radius 3 is 2.79 bits per heavy atom. The number of Topliss-reactive ketones (excluding diaryl/α,β-unsaturated/α-hetero) is 1. The van der Waals surface area contributed by atoms with Crippen LogP contribution in [0.3, 0.4) is 0 Å². The summed E-state index contributed by atoms with van der Waals surface area (Å²) in [6.07, 6.45) is 6.63. The van der Waals surface area contributed by atoms with Crippen LogP contribution < -0.4 is 16.3 Å². The highest BCUT2D eigenvalue weighted by molar-refractivity contribution is 6.38. The molecule has 3 aliphatic carbocycles. The van der Waals surface area contributed by atoms with Crippen molar-refractivity contribution in [1.29, 1.82) is 0 Å².